The zero-order chi connectivity index (χ0) is 15.7. The Labute approximate surface area is 126 Å². The van der Waals surface area contributed by atoms with Crippen molar-refractivity contribution in [2.45, 2.75) is 27.3 Å². The predicted octanol–water partition coefficient (Wildman–Crippen LogP) is 1.76. The zero-order valence-corrected chi connectivity index (χ0v) is 12.9. The molecule has 1 amide bonds. The van der Waals surface area contributed by atoms with Crippen LogP contribution in [0.4, 0.5) is 0 Å². The normalized spacial score (nSPS) is 10.2. The van der Waals surface area contributed by atoms with Crippen molar-refractivity contribution >= 4 is 5.91 Å². The fourth-order valence-corrected chi connectivity index (χ4v) is 1.88. The molecule has 0 aromatic heterocycles. The first-order valence-electron chi connectivity index (χ1n) is 7.10. The SMILES string of the molecule is Cc1cccc(CNCC(C)C)c1OCC(=O)NCC#N. The molecule has 1 aromatic rings. The molecule has 5 nitrogen and oxygen atoms in total. The number of carbonyl (C=O) groups is 1. The van der Waals surface area contributed by atoms with Crippen molar-refractivity contribution in [2.24, 2.45) is 5.92 Å². The van der Waals surface area contributed by atoms with Gasteiger partial charge in [-0.1, -0.05) is 32.0 Å². The molecule has 1 rings (SSSR count). The lowest BCUT2D eigenvalue weighted by Gasteiger charge is -2.15. The summed E-state index contributed by atoms with van der Waals surface area (Å²) < 4.78 is 5.62. The quantitative estimate of drug-likeness (QED) is 0.715. The highest BCUT2D eigenvalue weighted by Crippen LogP contribution is 2.23. The average molecular weight is 289 g/mol. The number of benzene rings is 1. The van der Waals surface area contributed by atoms with Crippen molar-refractivity contribution in [1.29, 1.82) is 5.26 Å². The molecule has 1 aromatic carbocycles. The molecule has 0 bridgehead atoms. The Morgan fingerprint density at radius 3 is 2.86 bits per heavy atom. The second kappa shape index (κ2) is 8.98. The number of nitrogens with one attached hydrogen (secondary N) is 2. The number of para-hydroxylation sites is 1. The van der Waals surface area contributed by atoms with Gasteiger partial charge in [-0.3, -0.25) is 4.79 Å². The molecule has 2 N–H and O–H groups in total. The highest BCUT2D eigenvalue weighted by molar-refractivity contribution is 5.77. The molecule has 114 valence electrons. The second-order valence-electron chi connectivity index (χ2n) is 5.31. The number of carbonyl (C=O) groups excluding carboxylic acids is 1. The summed E-state index contributed by atoms with van der Waals surface area (Å²) in [5.41, 5.74) is 2.02. The number of ether oxygens (including phenoxy) is 1. The van der Waals surface area contributed by atoms with Gasteiger partial charge >= 0.3 is 0 Å². The monoisotopic (exact) mass is 289 g/mol. The van der Waals surface area contributed by atoms with Gasteiger partial charge in [-0.05, 0) is 24.9 Å². The van der Waals surface area contributed by atoms with Crippen molar-refractivity contribution in [3.05, 3.63) is 29.3 Å². The number of nitriles is 1. The summed E-state index contributed by atoms with van der Waals surface area (Å²) in [6, 6.07) is 7.78. The molecule has 0 aliphatic carbocycles. The average Bonchev–Trinajstić information content (AvgIpc) is 2.44. The van der Waals surface area contributed by atoms with E-state index < -0.39 is 0 Å². The Morgan fingerprint density at radius 2 is 2.19 bits per heavy atom. The van der Waals surface area contributed by atoms with Gasteiger partial charge in [-0.2, -0.15) is 5.26 Å². The summed E-state index contributed by atoms with van der Waals surface area (Å²) in [6.45, 7) is 7.81. The molecular weight excluding hydrogens is 266 g/mol. The van der Waals surface area contributed by atoms with E-state index in [2.05, 4.69) is 24.5 Å². The van der Waals surface area contributed by atoms with Crippen LogP contribution in [0, 0.1) is 24.2 Å². The van der Waals surface area contributed by atoms with Gasteiger partial charge in [-0.25, -0.2) is 0 Å². The van der Waals surface area contributed by atoms with Crippen LogP contribution in [0.5, 0.6) is 5.75 Å². The molecule has 0 spiro atoms. The summed E-state index contributed by atoms with van der Waals surface area (Å²) >= 11 is 0. The summed E-state index contributed by atoms with van der Waals surface area (Å²) in [7, 11) is 0. The molecule has 0 atom stereocenters. The molecule has 0 saturated heterocycles. The molecule has 0 heterocycles. The van der Waals surface area contributed by atoms with E-state index in [0.29, 0.717) is 12.5 Å². The molecule has 0 saturated carbocycles. The number of amides is 1. The van der Waals surface area contributed by atoms with Gasteiger partial charge in [0.1, 0.15) is 12.3 Å². The van der Waals surface area contributed by atoms with Crippen LogP contribution >= 0.6 is 0 Å². The Bertz CT molecular complexity index is 507. The van der Waals surface area contributed by atoms with Gasteiger partial charge in [0.2, 0.25) is 0 Å². The smallest absolute Gasteiger partial charge is 0.258 e. The van der Waals surface area contributed by atoms with Crippen molar-refractivity contribution in [2.75, 3.05) is 19.7 Å². The number of nitrogens with zero attached hydrogens (tertiary/aromatic N) is 1. The van der Waals surface area contributed by atoms with E-state index in [9.17, 15) is 4.79 Å². The largest absolute Gasteiger partial charge is 0.483 e. The van der Waals surface area contributed by atoms with E-state index in [1.165, 1.54) is 0 Å². The standard InChI is InChI=1S/C16H23N3O2/c1-12(2)9-18-10-14-6-4-5-13(3)16(14)21-11-15(20)19-8-7-17/h4-6,12,18H,8-11H2,1-3H3,(H,19,20). The van der Waals surface area contributed by atoms with Crippen molar-refractivity contribution in [3.63, 3.8) is 0 Å². The topological polar surface area (TPSA) is 74.2 Å². The van der Waals surface area contributed by atoms with Crippen LogP contribution in [-0.2, 0) is 11.3 Å². The summed E-state index contributed by atoms with van der Waals surface area (Å²) in [5, 5.41) is 14.2. The molecule has 21 heavy (non-hydrogen) atoms. The Balaban J connectivity index is 2.63. The van der Waals surface area contributed by atoms with Crippen LogP contribution in [0.3, 0.4) is 0 Å². The van der Waals surface area contributed by atoms with Gasteiger partial charge < -0.3 is 15.4 Å². The first-order valence-corrected chi connectivity index (χ1v) is 7.10. The molecule has 0 radical (unpaired) electrons. The Morgan fingerprint density at radius 1 is 1.43 bits per heavy atom. The third-order valence-corrected chi connectivity index (χ3v) is 2.87. The lowest BCUT2D eigenvalue weighted by Crippen LogP contribution is -2.29. The number of aryl methyl sites for hydroxylation is 1. The van der Waals surface area contributed by atoms with E-state index in [-0.39, 0.29) is 19.1 Å². The van der Waals surface area contributed by atoms with E-state index in [1.807, 2.05) is 31.2 Å². The maximum absolute atomic E-state index is 11.5. The van der Waals surface area contributed by atoms with Crippen molar-refractivity contribution < 1.29 is 9.53 Å². The molecule has 0 unspecified atom stereocenters. The first-order chi connectivity index (χ1) is 10.0. The summed E-state index contributed by atoms with van der Waals surface area (Å²) in [5.74, 6) is 1.03. The lowest BCUT2D eigenvalue weighted by atomic mass is 10.1. The van der Waals surface area contributed by atoms with Crippen molar-refractivity contribution in [3.8, 4) is 11.8 Å². The van der Waals surface area contributed by atoms with Crippen molar-refractivity contribution in [1.82, 2.24) is 10.6 Å². The fourth-order valence-electron chi connectivity index (χ4n) is 1.88. The molecule has 0 aliphatic heterocycles. The van der Waals surface area contributed by atoms with Crippen LogP contribution in [-0.4, -0.2) is 25.6 Å². The highest BCUT2D eigenvalue weighted by atomic mass is 16.5. The first kappa shape index (κ1) is 17.0. The maximum Gasteiger partial charge on any atom is 0.258 e. The number of rotatable bonds is 8. The summed E-state index contributed by atoms with van der Waals surface area (Å²) in [4.78, 5) is 11.5. The Hall–Kier alpha value is -2.06. The van der Waals surface area contributed by atoms with E-state index in [4.69, 9.17) is 10.00 Å². The zero-order valence-electron chi connectivity index (χ0n) is 12.9. The minimum absolute atomic E-state index is 0.00122. The van der Waals surface area contributed by atoms with E-state index in [0.717, 1.165) is 23.4 Å². The van der Waals surface area contributed by atoms with Gasteiger partial charge in [0.15, 0.2) is 6.61 Å². The third kappa shape index (κ3) is 6.28. The van der Waals surface area contributed by atoms with Gasteiger partial charge in [-0.15, -0.1) is 0 Å². The van der Waals surface area contributed by atoms with Gasteiger partial charge in [0.05, 0.1) is 6.07 Å². The lowest BCUT2D eigenvalue weighted by molar-refractivity contribution is -0.122. The highest BCUT2D eigenvalue weighted by Gasteiger charge is 2.09. The van der Waals surface area contributed by atoms with E-state index in [1.54, 1.807) is 0 Å². The van der Waals surface area contributed by atoms with Crippen LogP contribution < -0.4 is 15.4 Å². The minimum atomic E-state index is -0.291. The minimum Gasteiger partial charge on any atom is -0.483 e. The predicted molar refractivity (Wildman–Crippen MR) is 81.8 cm³/mol. The Kier molecular flexibility index (Phi) is 7.27. The third-order valence-electron chi connectivity index (χ3n) is 2.87. The van der Waals surface area contributed by atoms with Crippen LogP contribution in [0.1, 0.15) is 25.0 Å². The van der Waals surface area contributed by atoms with Crippen LogP contribution in [0.2, 0.25) is 0 Å². The second-order valence-corrected chi connectivity index (χ2v) is 5.31. The molecule has 0 fully saturated rings. The van der Waals surface area contributed by atoms with Gasteiger partial charge in [0, 0.05) is 12.1 Å². The van der Waals surface area contributed by atoms with Crippen LogP contribution in [0.15, 0.2) is 18.2 Å². The molecular formula is C16H23N3O2. The number of hydrogen-bond donors (Lipinski definition) is 2. The molecule has 0 aliphatic rings. The summed E-state index contributed by atoms with van der Waals surface area (Å²) in [6.07, 6.45) is 0. The number of hydrogen-bond acceptors (Lipinski definition) is 4. The van der Waals surface area contributed by atoms with Gasteiger partial charge in [0.25, 0.3) is 5.91 Å². The maximum atomic E-state index is 11.5. The molecule has 5 heteroatoms. The fraction of sp³-hybridized carbons (Fsp3) is 0.500. The van der Waals surface area contributed by atoms with Crippen LogP contribution in [0.25, 0.3) is 0 Å². The van der Waals surface area contributed by atoms with E-state index >= 15 is 0 Å².